The Morgan fingerprint density at radius 2 is 2.00 bits per heavy atom. The van der Waals surface area contributed by atoms with Gasteiger partial charge < -0.3 is 10.1 Å². The summed E-state index contributed by atoms with van der Waals surface area (Å²) in [4.78, 5) is 0. The van der Waals surface area contributed by atoms with E-state index in [9.17, 15) is 0 Å². The van der Waals surface area contributed by atoms with Crippen LogP contribution in [0.25, 0.3) is 0 Å². The summed E-state index contributed by atoms with van der Waals surface area (Å²) in [5.74, 6) is 1.58. The fraction of sp³-hybridized carbons (Fsp3) is 1.00. The Morgan fingerprint density at radius 1 is 1.31 bits per heavy atom. The third kappa shape index (κ3) is 5.27. The molecule has 78 valence electrons. The zero-order chi connectivity index (χ0) is 9.52. The van der Waals surface area contributed by atoms with Crippen molar-refractivity contribution in [2.24, 2.45) is 11.8 Å². The fourth-order valence-corrected chi connectivity index (χ4v) is 1.74. The number of ether oxygens (including phenoxy) is 1. The lowest BCUT2D eigenvalue weighted by Gasteiger charge is -2.22. The number of hydrogen-bond donors (Lipinski definition) is 1. The Labute approximate surface area is 82.0 Å². The van der Waals surface area contributed by atoms with E-state index in [1.165, 1.54) is 32.4 Å². The van der Waals surface area contributed by atoms with Gasteiger partial charge in [-0.1, -0.05) is 13.8 Å². The van der Waals surface area contributed by atoms with Crippen LogP contribution in [0, 0.1) is 11.8 Å². The van der Waals surface area contributed by atoms with Crippen molar-refractivity contribution in [2.45, 2.75) is 33.1 Å². The Kier molecular flexibility index (Phi) is 5.40. The van der Waals surface area contributed by atoms with E-state index in [4.69, 9.17) is 4.74 Å². The maximum Gasteiger partial charge on any atom is 0.0488 e. The molecule has 1 rings (SSSR count). The average Bonchev–Trinajstić information content (AvgIpc) is 2.14. The molecule has 0 atom stereocenters. The lowest BCUT2D eigenvalue weighted by atomic mass is 9.95. The van der Waals surface area contributed by atoms with Gasteiger partial charge in [0.15, 0.2) is 0 Å². The molecule has 0 aromatic carbocycles. The maximum absolute atomic E-state index is 5.58. The Bertz CT molecular complexity index is 119. The van der Waals surface area contributed by atoms with Crippen molar-refractivity contribution in [3.05, 3.63) is 0 Å². The zero-order valence-electron chi connectivity index (χ0n) is 9.01. The van der Waals surface area contributed by atoms with Crippen molar-refractivity contribution in [1.29, 1.82) is 0 Å². The van der Waals surface area contributed by atoms with Crippen LogP contribution in [0.2, 0.25) is 0 Å². The van der Waals surface area contributed by atoms with Crippen LogP contribution in [0.3, 0.4) is 0 Å². The van der Waals surface area contributed by atoms with Crippen LogP contribution in [0.15, 0.2) is 0 Å². The van der Waals surface area contributed by atoms with Crippen LogP contribution in [-0.4, -0.2) is 26.3 Å². The second kappa shape index (κ2) is 6.39. The molecular formula is C11H23NO. The minimum absolute atomic E-state index is 0.674. The smallest absolute Gasteiger partial charge is 0.0488 e. The normalized spacial score (nSPS) is 19.6. The summed E-state index contributed by atoms with van der Waals surface area (Å²) in [6, 6.07) is 0. The van der Waals surface area contributed by atoms with Crippen molar-refractivity contribution in [1.82, 2.24) is 5.32 Å². The van der Waals surface area contributed by atoms with Crippen LogP contribution in [0.5, 0.6) is 0 Å². The summed E-state index contributed by atoms with van der Waals surface area (Å²) in [6.07, 6.45) is 3.93. The molecule has 2 nitrogen and oxygen atoms in total. The molecule has 1 aliphatic heterocycles. The Morgan fingerprint density at radius 3 is 2.62 bits per heavy atom. The molecule has 1 fully saturated rings. The van der Waals surface area contributed by atoms with E-state index in [2.05, 4.69) is 19.2 Å². The first kappa shape index (κ1) is 11.0. The molecule has 1 aliphatic rings. The fourth-order valence-electron chi connectivity index (χ4n) is 1.74. The van der Waals surface area contributed by atoms with Crippen molar-refractivity contribution >= 4 is 0 Å². The summed E-state index contributed by atoms with van der Waals surface area (Å²) in [7, 11) is 0. The minimum atomic E-state index is 0.674. The second-order valence-corrected chi connectivity index (χ2v) is 4.45. The molecule has 2 heteroatoms. The summed E-state index contributed by atoms with van der Waals surface area (Å²) < 4.78 is 5.58. The highest BCUT2D eigenvalue weighted by atomic mass is 16.5. The monoisotopic (exact) mass is 185 g/mol. The van der Waals surface area contributed by atoms with Gasteiger partial charge in [-0.05, 0) is 44.2 Å². The predicted octanol–water partition coefficient (Wildman–Crippen LogP) is 2.05. The second-order valence-electron chi connectivity index (χ2n) is 4.45. The van der Waals surface area contributed by atoms with Gasteiger partial charge in [-0.2, -0.15) is 0 Å². The van der Waals surface area contributed by atoms with E-state index >= 15 is 0 Å². The topological polar surface area (TPSA) is 21.3 Å². The number of rotatable bonds is 5. The highest BCUT2D eigenvalue weighted by Gasteiger charge is 2.12. The van der Waals surface area contributed by atoms with E-state index in [1.807, 2.05) is 0 Å². The van der Waals surface area contributed by atoms with Gasteiger partial charge in [0.1, 0.15) is 0 Å². The third-order valence-corrected chi connectivity index (χ3v) is 2.58. The SMILES string of the molecule is CC(C)COCCC1CCNCC1. The van der Waals surface area contributed by atoms with Gasteiger partial charge in [0.25, 0.3) is 0 Å². The first-order valence-electron chi connectivity index (χ1n) is 5.57. The standard InChI is InChI=1S/C11H23NO/c1-10(2)9-13-8-5-11-3-6-12-7-4-11/h10-12H,3-9H2,1-2H3. The number of piperidine rings is 1. The van der Waals surface area contributed by atoms with Crippen molar-refractivity contribution in [2.75, 3.05) is 26.3 Å². The van der Waals surface area contributed by atoms with Gasteiger partial charge in [-0.25, -0.2) is 0 Å². The van der Waals surface area contributed by atoms with Crippen LogP contribution in [-0.2, 0) is 4.74 Å². The van der Waals surface area contributed by atoms with Gasteiger partial charge >= 0.3 is 0 Å². The molecule has 0 spiro atoms. The molecule has 0 radical (unpaired) electrons. The van der Waals surface area contributed by atoms with Gasteiger partial charge in [0.05, 0.1) is 0 Å². The lowest BCUT2D eigenvalue weighted by molar-refractivity contribution is 0.0940. The quantitative estimate of drug-likeness (QED) is 0.662. The summed E-state index contributed by atoms with van der Waals surface area (Å²) in [5.41, 5.74) is 0. The van der Waals surface area contributed by atoms with Crippen molar-refractivity contribution < 1.29 is 4.74 Å². The molecule has 0 aromatic heterocycles. The Balaban J connectivity index is 1.92. The van der Waals surface area contributed by atoms with Gasteiger partial charge in [0.2, 0.25) is 0 Å². The maximum atomic E-state index is 5.58. The van der Waals surface area contributed by atoms with Crippen LogP contribution < -0.4 is 5.32 Å². The highest BCUT2D eigenvalue weighted by Crippen LogP contribution is 2.15. The molecule has 0 unspecified atom stereocenters. The van der Waals surface area contributed by atoms with E-state index in [1.54, 1.807) is 0 Å². The average molecular weight is 185 g/mol. The van der Waals surface area contributed by atoms with E-state index in [-0.39, 0.29) is 0 Å². The van der Waals surface area contributed by atoms with Crippen LogP contribution >= 0.6 is 0 Å². The molecule has 1 heterocycles. The molecule has 1 saturated heterocycles. The van der Waals surface area contributed by atoms with Crippen molar-refractivity contribution in [3.8, 4) is 0 Å². The summed E-state index contributed by atoms with van der Waals surface area (Å²) >= 11 is 0. The van der Waals surface area contributed by atoms with Gasteiger partial charge in [0, 0.05) is 13.2 Å². The molecule has 0 amide bonds. The first-order valence-corrected chi connectivity index (χ1v) is 5.57. The number of nitrogens with one attached hydrogen (secondary N) is 1. The number of hydrogen-bond acceptors (Lipinski definition) is 2. The molecule has 0 saturated carbocycles. The van der Waals surface area contributed by atoms with Gasteiger partial charge in [-0.3, -0.25) is 0 Å². The van der Waals surface area contributed by atoms with E-state index in [0.717, 1.165) is 19.1 Å². The van der Waals surface area contributed by atoms with E-state index in [0.29, 0.717) is 5.92 Å². The molecule has 0 aliphatic carbocycles. The highest BCUT2D eigenvalue weighted by molar-refractivity contribution is 4.67. The predicted molar refractivity (Wildman–Crippen MR) is 55.9 cm³/mol. The van der Waals surface area contributed by atoms with E-state index < -0.39 is 0 Å². The van der Waals surface area contributed by atoms with Crippen LogP contribution in [0.4, 0.5) is 0 Å². The molecular weight excluding hydrogens is 162 g/mol. The Hall–Kier alpha value is -0.0800. The minimum Gasteiger partial charge on any atom is -0.381 e. The van der Waals surface area contributed by atoms with Crippen LogP contribution in [0.1, 0.15) is 33.1 Å². The molecule has 0 bridgehead atoms. The van der Waals surface area contributed by atoms with Gasteiger partial charge in [-0.15, -0.1) is 0 Å². The lowest BCUT2D eigenvalue weighted by Crippen LogP contribution is -2.28. The first-order chi connectivity index (χ1) is 6.29. The zero-order valence-corrected chi connectivity index (χ0v) is 9.01. The summed E-state index contributed by atoms with van der Waals surface area (Å²) in [6.45, 7) is 8.69. The third-order valence-electron chi connectivity index (χ3n) is 2.58. The molecule has 1 N–H and O–H groups in total. The molecule has 0 aromatic rings. The van der Waals surface area contributed by atoms with Crippen molar-refractivity contribution in [3.63, 3.8) is 0 Å². The summed E-state index contributed by atoms with van der Waals surface area (Å²) in [5, 5.41) is 3.38. The molecule has 13 heavy (non-hydrogen) atoms. The largest absolute Gasteiger partial charge is 0.381 e.